The smallest absolute Gasteiger partial charge is 0.257 e. The first-order valence-corrected chi connectivity index (χ1v) is 11.9. The molecule has 0 aromatic heterocycles. The Labute approximate surface area is 209 Å². The second-order valence-corrected chi connectivity index (χ2v) is 8.70. The Morgan fingerprint density at radius 1 is 0.857 bits per heavy atom. The third-order valence-corrected chi connectivity index (χ3v) is 6.20. The van der Waals surface area contributed by atoms with Gasteiger partial charge in [0.25, 0.3) is 11.8 Å². The van der Waals surface area contributed by atoms with Gasteiger partial charge >= 0.3 is 0 Å². The summed E-state index contributed by atoms with van der Waals surface area (Å²) >= 11 is 5.22. The van der Waals surface area contributed by atoms with E-state index in [9.17, 15) is 14.0 Å². The van der Waals surface area contributed by atoms with E-state index in [4.69, 9.17) is 12.2 Å². The molecule has 3 aromatic rings. The topological polar surface area (TPSA) is 64.7 Å². The van der Waals surface area contributed by atoms with Gasteiger partial charge in [-0.25, -0.2) is 4.39 Å². The zero-order valence-corrected chi connectivity index (χ0v) is 20.3. The quantitative estimate of drug-likeness (QED) is 0.517. The van der Waals surface area contributed by atoms with Gasteiger partial charge in [-0.15, -0.1) is 0 Å². The van der Waals surface area contributed by atoms with Crippen molar-refractivity contribution in [3.63, 3.8) is 0 Å². The Bertz CT molecular complexity index is 1190. The molecule has 0 unspecified atom stereocenters. The largest absolute Gasteiger partial charge is 0.368 e. The number of amides is 2. The van der Waals surface area contributed by atoms with Crippen molar-refractivity contribution < 1.29 is 14.0 Å². The lowest BCUT2D eigenvalue weighted by molar-refractivity contribution is 0.0746. The van der Waals surface area contributed by atoms with Crippen LogP contribution in [0.15, 0.2) is 72.8 Å². The average Bonchev–Trinajstić information content (AvgIpc) is 2.89. The minimum atomic E-state index is -0.409. The number of benzene rings is 3. The van der Waals surface area contributed by atoms with Crippen molar-refractivity contribution in [1.29, 1.82) is 0 Å². The Balaban J connectivity index is 1.27. The van der Waals surface area contributed by atoms with Crippen LogP contribution in [0.3, 0.4) is 0 Å². The predicted octanol–water partition coefficient (Wildman–Crippen LogP) is 4.48. The van der Waals surface area contributed by atoms with Crippen LogP contribution in [-0.4, -0.2) is 48.0 Å². The molecule has 1 fully saturated rings. The third-order valence-electron chi connectivity index (χ3n) is 6.00. The summed E-state index contributed by atoms with van der Waals surface area (Å²) in [4.78, 5) is 29.2. The molecule has 180 valence electrons. The second kappa shape index (κ2) is 11.1. The lowest BCUT2D eigenvalue weighted by atomic mass is 10.1. The lowest BCUT2D eigenvalue weighted by Gasteiger charge is -2.36. The van der Waals surface area contributed by atoms with Crippen molar-refractivity contribution >= 4 is 40.5 Å². The molecule has 6 nitrogen and oxygen atoms in total. The molecule has 1 aliphatic heterocycles. The first-order chi connectivity index (χ1) is 16.9. The molecule has 2 N–H and O–H groups in total. The van der Waals surface area contributed by atoms with Crippen LogP contribution in [0, 0.1) is 5.82 Å². The molecule has 0 radical (unpaired) electrons. The summed E-state index contributed by atoms with van der Waals surface area (Å²) in [6.45, 7) is 4.91. The van der Waals surface area contributed by atoms with Gasteiger partial charge in [-0.1, -0.05) is 19.1 Å². The summed E-state index contributed by atoms with van der Waals surface area (Å²) in [5.41, 5.74) is 4.06. The number of rotatable bonds is 5. The van der Waals surface area contributed by atoms with Crippen molar-refractivity contribution in [3.8, 4) is 0 Å². The van der Waals surface area contributed by atoms with Crippen LogP contribution in [0.2, 0.25) is 0 Å². The van der Waals surface area contributed by atoms with E-state index in [-0.39, 0.29) is 11.0 Å². The van der Waals surface area contributed by atoms with E-state index in [0.29, 0.717) is 18.7 Å². The highest BCUT2D eigenvalue weighted by Crippen LogP contribution is 2.20. The highest BCUT2D eigenvalue weighted by Gasteiger charge is 2.22. The van der Waals surface area contributed by atoms with Gasteiger partial charge in [0.15, 0.2) is 5.11 Å². The van der Waals surface area contributed by atoms with Crippen molar-refractivity contribution in [2.75, 3.05) is 36.4 Å². The number of carbonyl (C=O) groups excluding carboxylic acids is 2. The number of anilines is 2. The normalized spacial score (nSPS) is 13.3. The van der Waals surface area contributed by atoms with Gasteiger partial charge in [0, 0.05) is 48.7 Å². The van der Waals surface area contributed by atoms with Crippen LogP contribution in [0.1, 0.15) is 33.2 Å². The molecule has 0 aliphatic carbocycles. The maximum atomic E-state index is 13.0. The van der Waals surface area contributed by atoms with Gasteiger partial charge in [0.1, 0.15) is 5.82 Å². The zero-order chi connectivity index (χ0) is 24.8. The molecule has 2 amide bonds. The summed E-state index contributed by atoms with van der Waals surface area (Å²) in [5, 5.41) is 5.73. The van der Waals surface area contributed by atoms with Gasteiger partial charge in [-0.3, -0.25) is 14.9 Å². The fourth-order valence-corrected chi connectivity index (χ4v) is 4.14. The van der Waals surface area contributed by atoms with Crippen LogP contribution in [0.25, 0.3) is 0 Å². The molecule has 1 saturated heterocycles. The number of halogens is 1. The van der Waals surface area contributed by atoms with E-state index in [1.165, 1.54) is 29.8 Å². The second-order valence-electron chi connectivity index (χ2n) is 8.29. The number of aryl methyl sites for hydroxylation is 1. The Hall–Kier alpha value is -3.78. The third kappa shape index (κ3) is 6.22. The fraction of sp³-hybridized carbons (Fsp3) is 0.222. The molecular formula is C27H27FN4O2S. The number of nitrogens with one attached hydrogen (secondary N) is 2. The molecule has 0 bridgehead atoms. The lowest BCUT2D eigenvalue weighted by Crippen LogP contribution is -2.48. The molecule has 8 heteroatoms. The Morgan fingerprint density at radius 2 is 1.46 bits per heavy atom. The summed E-state index contributed by atoms with van der Waals surface area (Å²) in [5.74, 6) is -0.743. The zero-order valence-electron chi connectivity index (χ0n) is 19.5. The van der Waals surface area contributed by atoms with Crippen LogP contribution in [0.5, 0.6) is 0 Å². The number of nitrogens with zero attached hydrogens (tertiary/aromatic N) is 2. The van der Waals surface area contributed by atoms with Crippen LogP contribution < -0.4 is 15.5 Å². The number of piperazine rings is 1. The first kappa shape index (κ1) is 24.3. The van der Waals surface area contributed by atoms with Gasteiger partial charge in [0.05, 0.1) is 0 Å². The highest BCUT2D eigenvalue weighted by atomic mass is 32.1. The van der Waals surface area contributed by atoms with Gasteiger partial charge in [0.2, 0.25) is 0 Å². The van der Waals surface area contributed by atoms with Crippen molar-refractivity contribution in [2.45, 2.75) is 13.3 Å². The number of hydrogen-bond donors (Lipinski definition) is 2. The maximum absolute atomic E-state index is 13.0. The minimum absolute atomic E-state index is 0.0723. The number of carbonyl (C=O) groups is 2. The molecule has 1 heterocycles. The number of thiocarbonyl (C=S) groups is 1. The summed E-state index contributed by atoms with van der Waals surface area (Å²) in [7, 11) is 0. The Morgan fingerprint density at radius 3 is 2.06 bits per heavy atom. The molecule has 4 rings (SSSR count). The van der Waals surface area contributed by atoms with Gasteiger partial charge in [-0.2, -0.15) is 0 Å². The summed E-state index contributed by atoms with van der Waals surface area (Å²) < 4.78 is 13.0. The van der Waals surface area contributed by atoms with E-state index in [1.807, 2.05) is 53.4 Å². The fourth-order valence-electron chi connectivity index (χ4n) is 3.93. The van der Waals surface area contributed by atoms with Crippen molar-refractivity contribution in [2.24, 2.45) is 0 Å². The van der Waals surface area contributed by atoms with Crippen molar-refractivity contribution in [3.05, 3.63) is 95.3 Å². The van der Waals surface area contributed by atoms with Gasteiger partial charge in [-0.05, 0) is 84.9 Å². The summed E-state index contributed by atoms with van der Waals surface area (Å²) in [6, 6.07) is 20.8. The summed E-state index contributed by atoms with van der Waals surface area (Å²) in [6.07, 6.45) is 0.956. The SMILES string of the molecule is CCc1ccc(C(=O)N2CCN(c3ccc(NC(=S)NC(=O)c4ccc(F)cc4)cc3)CC2)cc1. The Kier molecular flexibility index (Phi) is 7.72. The molecule has 0 spiro atoms. The molecule has 3 aromatic carbocycles. The van der Waals surface area contributed by atoms with Gasteiger partial charge < -0.3 is 15.1 Å². The molecular weight excluding hydrogens is 463 g/mol. The maximum Gasteiger partial charge on any atom is 0.257 e. The van der Waals surface area contributed by atoms with Crippen LogP contribution in [-0.2, 0) is 6.42 Å². The molecule has 1 aliphatic rings. The van der Waals surface area contributed by atoms with Crippen LogP contribution >= 0.6 is 12.2 Å². The molecule has 0 saturated carbocycles. The standard InChI is InChI=1S/C27H27FN4O2S/c1-2-19-3-5-21(6-4-19)26(34)32-17-15-31(16-18-32)24-13-11-23(12-14-24)29-27(35)30-25(33)20-7-9-22(28)10-8-20/h3-14H,2,15-18H2,1H3,(H2,29,30,33,35). The average molecular weight is 491 g/mol. The number of hydrogen-bond acceptors (Lipinski definition) is 4. The highest BCUT2D eigenvalue weighted by molar-refractivity contribution is 7.80. The minimum Gasteiger partial charge on any atom is -0.368 e. The van der Waals surface area contributed by atoms with E-state index < -0.39 is 11.7 Å². The molecule has 35 heavy (non-hydrogen) atoms. The van der Waals surface area contributed by atoms with Crippen LogP contribution in [0.4, 0.5) is 15.8 Å². The first-order valence-electron chi connectivity index (χ1n) is 11.5. The predicted molar refractivity (Wildman–Crippen MR) is 140 cm³/mol. The van der Waals surface area contributed by atoms with Crippen molar-refractivity contribution in [1.82, 2.24) is 10.2 Å². The monoisotopic (exact) mass is 490 g/mol. The van der Waals surface area contributed by atoms with E-state index in [2.05, 4.69) is 22.5 Å². The van der Waals surface area contributed by atoms with E-state index >= 15 is 0 Å². The van der Waals surface area contributed by atoms with E-state index in [0.717, 1.165) is 36.4 Å². The molecule has 0 atom stereocenters. The van der Waals surface area contributed by atoms with E-state index in [1.54, 1.807) is 0 Å².